The SMILES string of the molecule is CC(C)C(CN)C(=O)N1CCc2sccc2C1C1CC1. The molecule has 0 bridgehead atoms. The highest BCUT2D eigenvalue weighted by molar-refractivity contribution is 7.10. The highest BCUT2D eigenvalue weighted by atomic mass is 32.1. The summed E-state index contributed by atoms with van der Waals surface area (Å²) in [7, 11) is 0. The lowest BCUT2D eigenvalue weighted by molar-refractivity contribution is -0.140. The molecule has 0 aromatic carbocycles. The third-order valence-electron chi connectivity index (χ3n) is 4.74. The average Bonchev–Trinajstić information content (AvgIpc) is 3.14. The van der Waals surface area contributed by atoms with Crippen LogP contribution in [-0.4, -0.2) is 23.9 Å². The number of nitrogens with zero attached hydrogens (tertiary/aromatic N) is 1. The highest BCUT2D eigenvalue weighted by Crippen LogP contribution is 2.48. The van der Waals surface area contributed by atoms with E-state index >= 15 is 0 Å². The molecule has 1 aromatic heterocycles. The Labute approximate surface area is 125 Å². The molecule has 2 N–H and O–H groups in total. The monoisotopic (exact) mass is 292 g/mol. The summed E-state index contributed by atoms with van der Waals surface area (Å²) >= 11 is 1.85. The van der Waals surface area contributed by atoms with Gasteiger partial charge in [-0.1, -0.05) is 13.8 Å². The minimum atomic E-state index is -0.0311. The molecule has 110 valence electrons. The van der Waals surface area contributed by atoms with Gasteiger partial charge in [0.15, 0.2) is 0 Å². The molecule has 4 heteroatoms. The Bertz CT molecular complexity index is 492. The van der Waals surface area contributed by atoms with Crippen LogP contribution in [0.5, 0.6) is 0 Å². The molecule has 2 aliphatic rings. The molecular formula is C16H24N2OS. The summed E-state index contributed by atoms with van der Waals surface area (Å²) in [6, 6.07) is 2.56. The van der Waals surface area contributed by atoms with E-state index in [0.717, 1.165) is 13.0 Å². The molecule has 3 rings (SSSR count). The number of hydrogen-bond donors (Lipinski definition) is 1. The van der Waals surface area contributed by atoms with Crippen molar-refractivity contribution in [1.82, 2.24) is 4.90 Å². The molecule has 0 saturated heterocycles. The second-order valence-electron chi connectivity index (χ2n) is 6.45. The molecule has 0 spiro atoms. The zero-order valence-corrected chi connectivity index (χ0v) is 13.2. The molecule has 2 heterocycles. The van der Waals surface area contributed by atoms with Crippen LogP contribution in [0.4, 0.5) is 0 Å². The van der Waals surface area contributed by atoms with Crippen LogP contribution in [0.25, 0.3) is 0 Å². The Morgan fingerprint density at radius 3 is 2.85 bits per heavy atom. The Morgan fingerprint density at radius 1 is 1.50 bits per heavy atom. The smallest absolute Gasteiger partial charge is 0.227 e. The molecule has 1 saturated carbocycles. The Kier molecular flexibility index (Phi) is 3.87. The van der Waals surface area contributed by atoms with Gasteiger partial charge in [-0.3, -0.25) is 4.79 Å². The van der Waals surface area contributed by atoms with Crippen LogP contribution in [0, 0.1) is 17.8 Å². The second-order valence-corrected chi connectivity index (χ2v) is 7.45. The quantitative estimate of drug-likeness (QED) is 0.927. The third kappa shape index (κ3) is 2.40. The van der Waals surface area contributed by atoms with E-state index in [1.54, 1.807) is 0 Å². The first-order valence-electron chi connectivity index (χ1n) is 7.70. The van der Waals surface area contributed by atoms with E-state index in [1.807, 2.05) is 11.3 Å². The van der Waals surface area contributed by atoms with Crippen LogP contribution in [0.3, 0.4) is 0 Å². The van der Waals surface area contributed by atoms with Gasteiger partial charge >= 0.3 is 0 Å². The van der Waals surface area contributed by atoms with E-state index in [9.17, 15) is 4.79 Å². The maximum atomic E-state index is 12.9. The molecule has 1 amide bonds. The van der Waals surface area contributed by atoms with Crippen LogP contribution in [0.15, 0.2) is 11.4 Å². The maximum absolute atomic E-state index is 12.9. The molecule has 3 nitrogen and oxygen atoms in total. The first-order chi connectivity index (χ1) is 9.63. The number of hydrogen-bond acceptors (Lipinski definition) is 3. The van der Waals surface area contributed by atoms with Gasteiger partial charge in [-0.2, -0.15) is 0 Å². The van der Waals surface area contributed by atoms with Gasteiger partial charge in [0.05, 0.1) is 12.0 Å². The lowest BCUT2D eigenvalue weighted by atomic mass is 9.90. The summed E-state index contributed by atoms with van der Waals surface area (Å²) in [6.45, 7) is 5.53. The minimum absolute atomic E-state index is 0.0311. The number of rotatable bonds is 4. The van der Waals surface area contributed by atoms with Gasteiger partial charge in [0.1, 0.15) is 0 Å². The Hall–Kier alpha value is -0.870. The van der Waals surface area contributed by atoms with Crippen LogP contribution < -0.4 is 5.73 Å². The van der Waals surface area contributed by atoms with Crippen LogP contribution >= 0.6 is 11.3 Å². The van der Waals surface area contributed by atoms with Gasteiger partial charge in [-0.05, 0) is 48.1 Å². The number of fused-ring (bicyclic) bond motifs is 1. The van der Waals surface area contributed by atoms with E-state index in [4.69, 9.17) is 5.73 Å². The van der Waals surface area contributed by atoms with Crippen molar-refractivity contribution in [2.45, 2.75) is 39.2 Å². The topological polar surface area (TPSA) is 46.3 Å². The van der Waals surface area contributed by atoms with E-state index < -0.39 is 0 Å². The molecule has 1 aromatic rings. The average molecular weight is 292 g/mol. The number of nitrogens with two attached hydrogens (primary N) is 1. The fraction of sp³-hybridized carbons (Fsp3) is 0.688. The highest BCUT2D eigenvalue weighted by Gasteiger charge is 2.43. The summed E-state index contributed by atoms with van der Waals surface area (Å²) in [5, 5.41) is 2.18. The standard InChI is InChI=1S/C16H24N2OS/c1-10(2)13(9-17)16(19)18-7-5-14-12(6-8-20-14)15(18)11-3-4-11/h6,8,10-11,13,15H,3-5,7,9,17H2,1-2H3. The molecule has 1 fully saturated rings. The van der Waals surface area contributed by atoms with E-state index in [0.29, 0.717) is 24.4 Å². The Morgan fingerprint density at radius 2 is 2.25 bits per heavy atom. The van der Waals surface area contributed by atoms with Gasteiger partial charge in [0.25, 0.3) is 0 Å². The number of carbonyl (C=O) groups is 1. The van der Waals surface area contributed by atoms with E-state index in [2.05, 4.69) is 30.2 Å². The summed E-state index contributed by atoms with van der Waals surface area (Å²) in [6.07, 6.45) is 3.54. The van der Waals surface area contributed by atoms with E-state index in [-0.39, 0.29) is 11.8 Å². The molecular weight excluding hydrogens is 268 g/mol. The van der Waals surface area contributed by atoms with Gasteiger partial charge in [-0.15, -0.1) is 11.3 Å². The number of thiophene rings is 1. The van der Waals surface area contributed by atoms with Crippen molar-refractivity contribution in [1.29, 1.82) is 0 Å². The summed E-state index contributed by atoms with van der Waals surface area (Å²) in [4.78, 5) is 16.5. The molecule has 1 aliphatic carbocycles. The van der Waals surface area contributed by atoms with Crippen LogP contribution in [0.1, 0.15) is 43.2 Å². The Balaban J connectivity index is 1.87. The summed E-state index contributed by atoms with van der Waals surface area (Å²) in [5.41, 5.74) is 7.26. The minimum Gasteiger partial charge on any atom is -0.335 e. The first kappa shape index (κ1) is 14.1. The first-order valence-corrected chi connectivity index (χ1v) is 8.58. The maximum Gasteiger partial charge on any atom is 0.227 e. The summed E-state index contributed by atoms with van der Waals surface area (Å²) in [5.74, 6) is 1.24. The lowest BCUT2D eigenvalue weighted by Gasteiger charge is -2.39. The molecule has 0 radical (unpaired) electrons. The molecule has 2 atom stereocenters. The molecule has 20 heavy (non-hydrogen) atoms. The number of carbonyl (C=O) groups excluding carboxylic acids is 1. The fourth-order valence-electron chi connectivity index (χ4n) is 3.38. The van der Waals surface area contributed by atoms with Gasteiger partial charge in [0.2, 0.25) is 5.91 Å². The van der Waals surface area contributed by atoms with Gasteiger partial charge < -0.3 is 10.6 Å². The third-order valence-corrected chi connectivity index (χ3v) is 5.74. The predicted molar refractivity (Wildman–Crippen MR) is 82.6 cm³/mol. The predicted octanol–water partition coefficient (Wildman–Crippen LogP) is 2.81. The number of amides is 1. The fourth-order valence-corrected chi connectivity index (χ4v) is 4.30. The molecule has 2 unspecified atom stereocenters. The summed E-state index contributed by atoms with van der Waals surface area (Å²) < 4.78 is 0. The lowest BCUT2D eigenvalue weighted by Crippen LogP contribution is -2.46. The van der Waals surface area contributed by atoms with Gasteiger partial charge in [-0.25, -0.2) is 0 Å². The van der Waals surface area contributed by atoms with Crippen molar-refractivity contribution in [3.8, 4) is 0 Å². The van der Waals surface area contributed by atoms with Crippen LogP contribution in [0.2, 0.25) is 0 Å². The van der Waals surface area contributed by atoms with Crippen LogP contribution in [-0.2, 0) is 11.2 Å². The normalized spacial score (nSPS) is 23.8. The van der Waals surface area contributed by atoms with Crippen molar-refractivity contribution in [2.24, 2.45) is 23.5 Å². The van der Waals surface area contributed by atoms with Crippen molar-refractivity contribution in [3.63, 3.8) is 0 Å². The van der Waals surface area contributed by atoms with Crippen molar-refractivity contribution < 1.29 is 4.79 Å². The zero-order chi connectivity index (χ0) is 14.3. The zero-order valence-electron chi connectivity index (χ0n) is 12.3. The largest absolute Gasteiger partial charge is 0.335 e. The van der Waals surface area contributed by atoms with E-state index in [1.165, 1.54) is 23.3 Å². The van der Waals surface area contributed by atoms with Gasteiger partial charge in [0, 0.05) is 18.0 Å². The molecule has 1 aliphatic heterocycles. The van der Waals surface area contributed by atoms with Crippen molar-refractivity contribution >= 4 is 17.2 Å². The van der Waals surface area contributed by atoms with Crippen molar-refractivity contribution in [2.75, 3.05) is 13.1 Å². The van der Waals surface area contributed by atoms with Crippen molar-refractivity contribution in [3.05, 3.63) is 21.9 Å². The second kappa shape index (κ2) is 5.49.